The number of nitrogens with zero attached hydrogens (tertiary/aromatic N) is 15. The molecule has 1 spiro atoms. The second-order valence-electron chi connectivity index (χ2n) is 47.7. The Kier molecular flexibility index (Phi) is 68.6. The quantitative estimate of drug-likeness (QED) is 0.0595. The molecule has 3 atom stereocenters. The smallest absolute Gasteiger partial charge is 0.329 e. The first-order chi connectivity index (χ1) is 69.1. The number of carboxylic acid groups (broad SMARTS) is 1. The average Bonchev–Trinajstić information content (AvgIpc) is 1.63. The summed E-state index contributed by atoms with van der Waals surface area (Å²) in [6.45, 7) is 98.4. The van der Waals surface area contributed by atoms with Crippen molar-refractivity contribution in [2.45, 2.75) is 413 Å². The Morgan fingerprint density at radius 1 is 0.387 bits per heavy atom. The first-order valence-electron chi connectivity index (χ1n) is 57.7. The molecule has 2 aromatic carbocycles. The molecule has 28 nitrogen and oxygen atoms in total. The number of carboxylic acids is 1. The van der Waals surface area contributed by atoms with E-state index in [4.69, 9.17) is 15.3 Å². The lowest BCUT2D eigenvalue weighted by molar-refractivity contribution is -0.145. The lowest BCUT2D eigenvalue weighted by Crippen LogP contribution is -2.54. The van der Waals surface area contributed by atoms with Gasteiger partial charge in [-0.2, -0.15) is 0 Å². The molecule has 12 aliphatic rings. The molecule has 0 aromatic heterocycles. The average molecular weight is 2110 g/mol. The molecule has 2 aromatic rings. The fourth-order valence-corrected chi connectivity index (χ4v) is 22.3. The molecule has 0 bridgehead atoms. The predicted octanol–water partition coefficient (Wildman–Crippen LogP) is 19.3. The predicted molar refractivity (Wildman–Crippen MR) is 629 cm³/mol. The Morgan fingerprint density at radius 2 is 0.713 bits per heavy atom. The van der Waals surface area contributed by atoms with Crippen LogP contribution in [0.15, 0.2) is 48.5 Å². The zero-order valence-electron chi connectivity index (χ0n) is 99.4. The number of piperidine rings is 5. The van der Waals surface area contributed by atoms with Crippen LogP contribution in [0.5, 0.6) is 0 Å². The van der Waals surface area contributed by atoms with Gasteiger partial charge in [0.1, 0.15) is 35.2 Å². The summed E-state index contributed by atoms with van der Waals surface area (Å²) in [5, 5.41) is 19.3. The number of piperazine rings is 4. The van der Waals surface area contributed by atoms with Crippen molar-refractivity contribution in [1.29, 1.82) is 5.41 Å². The van der Waals surface area contributed by atoms with Crippen LogP contribution in [-0.2, 0) is 62.4 Å². The van der Waals surface area contributed by atoms with Gasteiger partial charge in [-0.05, 0) is 374 Å². The number of ether oxygens (including phenoxy) is 1. The molecule has 3 N–H and O–H groups in total. The third-order valence-corrected chi connectivity index (χ3v) is 32.4. The Bertz CT molecular complexity index is 3800. The minimum absolute atomic E-state index is 0. The molecule has 0 radical (unpaired) electrons. The lowest BCUT2D eigenvalue weighted by atomic mass is 9.76. The number of para-hydroxylation sites is 1. The number of likely N-dealkylation sites (tertiary alicyclic amines) is 6. The minimum atomic E-state index is -0.673. The molecule has 14 rings (SSSR count). The van der Waals surface area contributed by atoms with Crippen LogP contribution >= 0.6 is 0 Å². The van der Waals surface area contributed by atoms with Crippen molar-refractivity contribution in [3.63, 3.8) is 0 Å². The first-order valence-corrected chi connectivity index (χ1v) is 57.7. The summed E-state index contributed by atoms with van der Waals surface area (Å²) in [4.78, 5) is 134. The highest BCUT2D eigenvalue weighted by molar-refractivity contribution is 5.84. The van der Waals surface area contributed by atoms with E-state index in [2.05, 4.69) is 246 Å². The van der Waals surface area contributed by atoms with Crippen LogP contribution in [0.4, 0.5) is 10.5 Å². The van der Waals surface area contributed by atoms with Crippen LogP contribution in [-0.4, -0.2) is 401 Å². The monoisotopic (exact) mass is 2110 g/mol. The van der Waals surface area contributed by atoms with E-state index in [1.54, 1.807) is 52.7 Å². The van der Waals surface area contributed by atoms with E-state index in [-0.39, 0.29) is 70.0 Å². The number of amides is 4. The van der Waals surface area contributed by atoms with E-state index in [1.807, 2.05) is 68.4 Å². The van der Waals surface area contributed by atoms with Crippen LogP contribution in [0.1, 0.15) is 338 Å². The van der Waals surface area contributed by atoms with Crippen LogP contribution in [0.25, 0.3) is 0 Å². The number of esters is 1. The number of carbonyl (C=O) groups is 9. The number of hydrogen-bond acceptors (Lipinski definition) is 22. The summed E-state index contributed by atoms with van der Waals surface area (Å²) in [7, 11) is 0. The standard InChI is InChI=1S/C16H23N.C14H19NO2.C11H23N3O.C11H21NO.C10H20N2O.3C10H19NO.C9H19N3.C9H18N2O.C9H17NO2.3CH4/c1-13(2)17-9-7-16(8-10-17)11-14-5-3-4-6-15(14)12-16;1-4-17-14(16)13-9-11-7-5-6-8-12(11)15(13)10(2)3;1-9(2)12-11(15)14-7-5-13(6-8-14)10(3)4;1-9(2)11-4-6-12(7-5-11)8-10(3)13;1-9(2)12-6-4-11(5-7-12)8-10(3)13;2*1-8(2)11-6-4-10(5-7-11)9(3)12;1-8(2)10-4-6-11(7-5-10)9(3)12;1-8(2)11-4-6-12(7-5-11)9(3)10;1-8(2)10-4-6-11(7-5-10)9(3)12;1-6(2)10-5-7(3)4-8(10)9(11)12;;;/h3-6,13H,7-12H2,1-2H3;5-8,10,13H,4,9H2,1-3H3;9-10H,5-8H2,1-4H3,(H,12,15);9,11H,4-8H2,1-3H3;9H,4-8H2,1-3H3;4*8,10H,4-7H2,1-3H3;8H,4-7H2,1-3H3;6-8H,4-5H2,1-3H3,(H,11,12);3*1H4/t;;;;;;;;;;7-,8+;;;/m..........1.../s1. The van der Waals surface area contributed by atoms with Crippen LogP contribution < -0.4 is 10.2 Å². The number of ketones is 4. The zero-order valence-corrected chi connectivity index (χ0v) is 99.4. The van der Waals surface area contributed by atoms with E-state index >= 15 is 0 Å². The van der Waals surface area contributed by atoms with Gasteiger partial charge < -0.3 is 54.4 Å². The van der Waals surface area contributed by atoms with Crippen molar-refractivity contribution in [2.75, 3.05) is 201 Å². The normalized spacial score (nSPS) is 21.0. The van der Waals surface area contributed by atoms with Crippen molar-refractivity contribution >= 4 is 64.4 Å². The Hall–Kier alpha value is -6.86. The number of fused-ring (bicyclic) bond motifs is 2. The molecule has 1 unspecified atom stereocenters. The molecule has 150 heavy (non-hydrogen) atoms. The summed E-state index contributed by atoms with van der Waals surface area (Å²) in [6.07, 6.45) is 16.2. The number of rotatable bonds is 21. The second-order valence-corrected chi connectivity index (χ2v) is 47.7. The molecule has 1 aliphatic carbocycles. The number of hydrogen-bond donors (Lipinski definition) is 3. The number of nitrogens with one attached hydrogen (secondary N) is 2. The molecule has 868 valence electrons. The van der Waals surface area contributed by atoms with Crippen molar-refractivity contribution in [2.24, 2.45) is 46.8 Å². The molecular formula is C122H229N17O11. The third-order valence-electron chi connectivity index (χ3n) is 32.4. The number of anilines is 1. The molecule has 0 saturated carbocycles. The Morgan fingerprint density at radius 3 is 1.03 bits per heavy atom. The molecule has 11 heterocycles. The summed E-state index contributed by atoms with van der Waals surface area (Å²) >= 11 is 0. The topological polar surface area (TPSA) is 268 Å². The van der Waals surface area contributed by atoms with E-state index in [0.29, 0.717) is 114 Å². The molecule has 11 aliphatic heterocycles. The fraction of sp³-hybridized carbons (Fsp3) is 0.820. The largest absolute Gasteiger partial charge is 0.480 e. The van der Waals surface area contributed by atoms with E-state index in [0.717, 1.165) is 232 Å². The van der Waals surface area contributed by atoms with Crippen molar-refractivity contribution in [3.8, 4) is 0 Å². The summed E-state index contributed by atoms with van der Waals surface area (Å²) in [5.41, 5.74) is 6.24. The van der Waals surface area contributed by atoms with Crippen molar-refractivity contribution in [3.05, 3.63) is 65.2 Å². The summed E-state index contributed by atoms with van der Waals surface area (Å²) in [6, 6.07) is 22.3. The summed E-state index contributed by atoms with van der Waals surface area (Å²) < 4.78 is 5.16. The number of amidine groups is 1. The van der Waals surface area contributed by atoms with Gasteiger partial charge in [0.25, 0.3) is 0 Å². The van der Waals surface area contributed by atoms with Crippen molar-refractivity contribution < 1.29 is 53.0 Å². The van der Waals surface area contributed by atoms with Gasteiger partial charge in [0, 0.05) is 223 Å². The lowest BCUT2D eigenvalue weighted by Gasteiger charge is -2.41. The highest BCUT2D eigenvalue weighted by Gasteiger charge is 2.42. The molecule has 10 saturated heterocycles. The van der Waals surface area contributed by atoms with Gasteiger partial charge in [-0.25, -0.2) is 9.59 Å². The first kappa shape index (κ1) is 141. The fourth-order valence-electron chi connectivity index (χ4n) is 22.3. The number of carbonyl (C=O) groups excluding carboxylic acids is 8. The molecule has 4 amide bonds. The Labute approximate surface area is 918 Å². The summed E-state index contributed by atoms with van der Waals surface area (Å²) in [5.74, 6) is 6.19. The second kappa shape index (κ2) is 72.9. The van der Waals surface area contributed by atoms with Gasteiger partial charge in [-0.1, -0.05) is 99.4 Å². The Balaban J connectivity index is 0.000000826. The van der Waals surface area contributed by atoms with Crippen LogP contribution in [0.2, 0.25) is 0 Å². The van der Waals surface area contributed by atoms with Gasteiger partial charge in [0.15, 0.2) is 0 Å². The maximum atomic E-state index is 12.0. The highest BCUT2D eigenvalue weighted by Crippen LogP contribution is 2.45. The van der Waals surface area contributed by atoms with E-state index in [1.165, 1.54) is 75.7 Å². The van der Waals surface area contributed by atoms with Gasteiger partial charge >= 0.3 is 18.0 Å². The van der Waals surface area contributed by atoms with Gasteiger partial charge in [0.05, 0.1) is 25.5 Å². The molecule has 28 heteroatoms. The highest BCUT2D eigenvalue weighted by atomic mass is 16.5. The molecule has 10 fully saturated rings. The van der Waals surface area contributed by atoms with E-state index < -0.39 is 5.97 Å². The SMILES string of the molecule is C.C.C.CC(=N)N1CCN(C(C)C)CC1.CC(=O)C1CCN(C(C)C)CC1.CC(=O)C1CCN(C(C)C)CC1.CC(=O)CN1CCC(C(C)C)CC1.CC(=O)CN1CCN(C(C)C)CC1.CC(=O)N1CCC(C(C)C)CC1.CC(=O)N1CCN(C(C)C)CC1.CC(C)N1CCC2(CC1)Cc1ccccc1C2.CC(C)N1C[C@H](C)C[C@H]1C(=O)O.CC(C)NC(=O)N1CCN(C(C)C)CC1.CCOC(=O)C1Cc2ccccc2N1C(C)C. The van der Waals surface area contributed by atoms with E-state index in [9.17, 15) is 43.2 Å². The van der Waals surface area contributed by atoms with Gasteiger partial charge in [-0.15, -0.1) is 0 Å². The van der Waals surface area contributed by atoms with Gasteiger partial charge in [-0.3, -0.25) is 73.3 Å². The maximum absolute atomic E-state index is 12.0. The number of urea groups is 1. The minimum Gasteiger partial charge on any atom is -0.480 e. The van der Waals surface area contributed by atoms with Crippen LogP contribution in [0, 0.1) is 52.2 Å². The van der Waals surface area contributed by atoms with Gasteiger partial charge in [0.2, 0.25) is 11.8 Å². The van der Waals surface area contributed by atoms with Crippen molar-refractivity contribution in [1.82, 2.24) is 73.9 Å². The van der Waals surface area contributed by atoms with Crippen LogP contribution in [0.3, 0.4) is 0 Å². The number of benzene rings is 2. The zero-order chi connectivity index (χ0) is 110. The third kappa shape index (κ3) is 51.4. The molecular weight excluding hydrogens is 1880 g/mol. The maximum Gasteiger partial charge on any atom is 0.329 e. The number of Topliss-reactive ketones (excluding diaryl/α,β-unsaturated/α-hetero) is 4. The number of aliphatic carboxylic acids is 1.